The largest absolute Gasteiger partial charge is 0.497 e. The van der Waals surface area contributed by atoms with Gasteiger partial charge in [-0.2, -0.15) is 0 Å². The summed E-state index contributed by atoms with van der Waals surface area (Å²) in [6.45, 7) is 0.781. The van der Waals surface area contributed by atoms with Crippen molar-refractivity contribution in [3.63, 3.8) is 0 Å². The Morgan fingerprint density at radius 1 is 0.929 bits per heavy atom. The zero-order valence-corrected chi connectivity index (χ0v) is 15.6. The summed E-state index contributed by atoms with van der Waals surface area (Å²) in [4.78, 5) is 24.7. The van der Waals surface area contributed by atoms with Crippen LogP contribution < -0.4 is 15.4 Å². The number of ether oxygens (including phenoxy) is 1. The minimum absolute atomic E-state index is 0.219. The van der Waals surface area contributed by atoms with E-state index in [-0.39, 0.29) is 11.8 Å². The molecule has 28 heavy (non-hydrogen) atoms. The van der Waals surface area contributed by atoms with Gasteiger partial charge in [0.05, 0.1) is 19.9 Å². The van der Waals surface area contributed by atoms with E-state index in [1.54, 1.807) is 49.8 Å². The average Bonchev–Trinajstić information content (AvgIpc) is 3.26. The molecule has 0 atom stereocenters. The number of furan rings is 1. The molecule has 0 radical (unpaired) electrons. The quantitative estimate of drug-likeness (QED) is 0.631. The molecular weight excluding hydrogens is 356 g/mol. The number of carbonyl (C=O) groups excluding carboxylic acids is 2. The van der Waals surface area contributed by atoms with Gasteiger partial charge in [-0.25, -0.2) is 0 Å². The molecule has 0 aliphatic carbocycles. The number of hydrogen-bond donors (Lipinski definition) is 2. The van der Waals surface area contributed by atoms with Gasteiger partial charge in [-0.3, -0.25) is 9.59 Å². The third-order valence-electron chi connectivity index (χ3n) is 4.22. The Kier molecular flexibility index (Phi) is 6.46. The lowest BCUT2D eigenvalue weighted by Crippen LogP contribution is -2.27. The molecule has 1 heterocycles. The van der Waals surface area contributed by atoms with Crippen molar-refractivity contribution in [3.8, 4) is 5.75 Å². The molecule has 0 saturated heterocycles. The second-order valence-electron chi connectivity index (χ2n) is 6.20. The third kappa shape index (κ3) is 5.23. The predicted molar refractivity (Wildman–Crippen MR) is 105 cm³/mol. The van der Waals surface area contributed by atoms with Crippen molar-refractivity contribution in [3.05, 3.63) is 89.4 Å². The molecule has 0 saturated carbocycles. The van der Waals surface area contributed by atoms with Crippen LogP contribution in [-0.4, -0.2) is 25.5 Å². The molecule has 2 N–H and O–H groups in total. The van der Waals surface area contributed by atoms with Gasteiger partial charge in [0.25, 0.3) is 11.8 Å². The zero-order chi connectivity index (χ0) is 19.8. The molecule has 2 aromatic carbocycles. The van der Waals surface area contributed by atoms with Gasteiger partial charge < -0.3 is 19.8 Å². The van der Waals surface area contributed by atoms with Gasteiger partial charge in [0.2, 0.25) is 0 Å². The number of amides is 2. The normalized spacial score (nSPS) is 10.3. The summed E-state index contributed by atoms with van der Waals surface area (Å²) >= 11 is 0. The van der Waals surface area contributed by atoms with Gasteiger partial charge in [-0.1, -0.05) is 18.2 Å². The van der Waals surface area contributed by atoms with Crippen LogP contribution in [0.4, 0.5) is 0 Å². The minimum Gasteiger partial charge on any atom is -0.497 e. The van der Waals surface area contributed by atoms with E-state index in [0.717, 1.165) is 11.3 Å². The van der Waals surface area contributed by atoms with Crippen molar-refractivity contribution in [1.82, 2.24) is 10.6 Å². The van der Waals surface area contributed by atoms with Crippen LogP contribution in [0.25, 0.3) is 0 Å². The minimum atomic E-state index is -0.262. The number of nitrogens with one attached hydrogen (secondary N) is 2. The fourth-order valence-electron chi connectivity index (χ4n) is 2.73. The Morgan fingerprint density at radius 2 is 1.68 bits per heavy atom. The number of hydrogen-bond acceptors (Lipinski definition) is 4. The molecule has 3 rings (SSSR count). The second-order valence-corrected chi connectivity index (χ2v) is 6.20. The van der Waals surface area contributed by atoms with Gasteiger partial charge >= 0.3 is 0 Å². The first-order valence-corrected chi connectivity index (χ1v) is 8.97. The van der Waals surface area contributed by atoms with Gasteiger partial charge in [-0.05, 0) is 54.4 Å². The fourth-order valence-corrected chi connectivity index (χ4v) is 2.73. The van der Waals surface area contributed by atoms with E-state index in [0.29, 0.717) is 36.4 Å². The van der Waals surface area contributed by atoms with Crippen LogP contribution >= 0.6 is 0 Å². The maximum atomic E-state index is 12.4. The topological polar surface area (TPSA) is 80.6 Å². The maximum absolute atomic E-state index is 12.4. The molecule has 144 valence electrons. The summed E-state index contributed by atoms with van der Waals surface area (Å²) in [6.07, 6.45) is 2.24. The standard InChI is InChI=1S/C22H22N2O4/c1-27-19-8-2-5-16(13-19)10-11-23-21(25)17-6-3-7-18(14-17)22(26)24-15-20-9-4-12-28-20/h2-9,12-14H,10-11,15H2,1H3,(H,23,25)(H,24,26). The summed E-state index contributed by atoms with van der Waals surface area (Å²) in [6, 6.07) is 17.9. The number of rotatable bonds is 8. The summed E-state index contributed by atoms with van der Waals surface area (Å²) in [7, 11) is 1.62. The maximum Gasteiger partial charge on any atom is 0.251 e. The molecule has 0 aliphatic heterocycles. The molecule has 3 aromatic rings. The first-order chi connectivity index (χ1) is 13.7. The number of benzene rings is 2. The Labute approximate surface area is 163 Å². The molecule has 6 nitrogen and oxygen atoms in total. The Morgan fingerprint density at radius 3 is 2.39 bits per heavy atom. The van der Waals surface area contributed by atoms with Crippen LogP contribution in [0.15, 0.2) is 71.3 Å². The van der Waals surface area contributed by atoms with Gasteiger partial charge in [0, 0.05) is 17.7 Å². The molecule has 0 unspecified atom stereocenters. The molecule has 0 bridgehead atoms. The van der Waals surface area contributed by atoms with Crippen molar-refractivity contribution in [2.75, 3.05) is 13.7 Å². The van der Waals surface area contributed by atoms with Gasteiger partial charge in [0.15, 0.2) is 0 Å². The molecule has 0 aliphatic rings. The summed E-state index contributed by atoms with van der Waals surface area (Å²) in [5.74, 6) is 0.975. The van der Waals surface area contributed by atoms with E-state index >= 15 is 0 Å². The molecule has 2 amide bonds. The lowest BCUT2D eigenvalue weighted by Gasteiger charge is -2.08. The average molecular weight is 378 g/mol. The van der Waals surface area contributed by atoms with Gasteiger partial charge in [-0.15, -0.1) is 0 Å². The number of carbonyl (C=O) groups is 2. The highest BCUT2D eigenvalue weighted by atomic mass is 16.5. The highest BCUT2D eigenvalue weighted by molar-refractivity contribution is 5.99. The second kappa shape index (κ2) is 9.41. The van der Waals surface area contributed by atoms with E-state index in [2.05, 4.69) is 10.6 Å². The van der Waals surface area contributed by atoms with Crippen LogP contribution in [0.5, 0.6) is 5.75 Å². The lowest BCUT2D eigenvalue weighted by atomic mass is 10.1. The molecule has 6 heteroatoms. The smallest absolute Gasteiger partial charge is 0.251 e. The predicted octanol–water partition coefficient (Wildman–Crippen LogP) is 3.19. The third-order valence-corrected chi connectivity index (χ3v) is 4.22. The summed E-state index contributed by atoms with van der Waals surface area (Å²) in [5.41, 5.74) is 1.94. The van der Waals surface area contributed by atoms with E-state index in [1.165, 1.54) is 0 Å². The zero-order valence-electron chi connectivity index (χ0n) is 15.6. The van der Waals surface area contributed by atoms with E-state index in [9.17, 15) is 9.59 Å². The van der Waals surface area contributed by atoms with Crippen LogP contribution in [-0.2, 0) is 13.0 Å². The van der Waals surface area contributed by atoms with Crippen molar-refractivity contribution in [2.24, 2.45) is 0 Å². The monoisotopic (exact) mass is 378 g/mol. The van der Waals surface area contributed by atoms with E-state index in [4.69, 9.17) is 9.15 Å². The van der Waals surface area contributed by atoms with Crippen LogP contribution in [0.2, 0.25) is 0 Å². The van der Waals surface area contributed by atoms with Crippen molar-refractivity contribution in [2.45, 2.75) is 13.0 Å². The molecule has 0 fully saturated rings. The molecule has 0 spiro atoms. The van der Waals surface area contributed by atoms with Crippen LogP contribution in [0.3, 0.4) is 0 Å². The van der Waals surface area contributed by atoms with Crippen molar-refractivity contribution in [1.29, 1.82) is 0 Å². The Balaban J connectivity index is 1.53. The van der Waals surface area contributed by atoms with Gasteiger partial charge in [0.1, 0.15) is 11.5 Å². The molecular formula is C22H22N2O4. The SMILES string of the molecule is COc1cccc(CCNC(=O)c2cccc(C(=O)NCc3ccco3)c2)c1. The van der Waals surface area contributed by atoms with Crippen molar-refractivity contribution < 1.29 is 18.7 Å². The Hall–Kier alpha value is -3.54. The van der Waals surface area contributed by atoms with E-state index in [1.807, 2.05) is 24.3 Å². The first kappa shape index (κ1) is 19.2. The highest BCUT2D eigenvalue weighted by Crippen LogP contribution is 2.13. The lowest BCUT2D eigenvalue weighted by molar-refractivity contribution is 0.0948. The summed E-state index contributed by atoms with van der Waals surface area (Å²) < 4.78 is 10.4. The first-order valence-electron chi connectivity index (χ1n) is 8.97. The van der Waals surface area contributed by atoms with Crippen LogP contribution in [0.1, 0.15) is 32.0 Å². The Bertz CT molecular complexity index is 935. The van der Waals surface area contributed by atoms with Crippen molar-refractivity contribution >= 4 is 11.8 Å². The number of methoxy groups -OCH3 is 1. The summed E-state index contributed by atoms with van der Waals surface area (Å²) in [5, 5.41) is 5.65. The highest BCUT2D eigenvalue weighted by Gasteiger charge is 2.11. The fraction of sp³-hybridized carbons (Fsp3) is 0.182. The van der Waals surface area contributed by atoms with Crippen LogP contribution in [0, 0.1) is 0 Å². The van der Waals surface area contributed by atoms with E-state index < -0.39 is 0 Å². The molecule has 1 aromatic heterocycles.